The first-order chi connectivity index (χ1) is 8.78. The van der Waals surface area contributed by atoms with Crippen LogP contribution in [-0.4, -0.2) is 32.1 Å². The number of amides is 1. The van der Waals surface area contributed by atoms with Crippen LogP contribution in [0.4, 0.5) is 0 Å². The second-order valence-corrected chi connectivity index (χ2v) is 4.30. The van der Waals surface area contributed by atoms with E-state index in [1.807, 2.05) is 24.3 Å². The number of rotatable bonds is 4. The molecule has 1 aliphatic heterocycles. The molecule has 18 heavy (non-hydrogen) atoms. The summed E-state index contributed by atoms with van der Waals surface area (Å²) in [6, 6.07) is 7.84. The first-order valence-corrected chi connectivity index (χ1v) is 6.11. The average molecular weight is 246 g/mol. The van der Waals surface area contributed by atoms with Gasteiger partial charge in [0.15, 0.2) is 0 Å². The minimum absolute atomic E-state index is 0.0421. The zero-order chi connectivity index (χ0) is 12.8. The maximum Gasteiger partial charge on any atom is 0.244 e. The second kappa shape index (κ2) is 6.21. The van der Waals surface area contributed by atoms with Gasteiger partial charge in [-0.2, -0.15) is 0 Å². The number of hydrogen-bond acceptors (Lipinski definition) is 3. The Kier molecular flexibility index (Phi) is 4.36. The number of carbonyl (C=O) groups excluding carboxylic acids is 1. The van der Waals surface area contributed by atoms with Crippen LogP contribution in [0.2, 0.25) is 0 Å². The zero-order valence-electron chi connectivity index (χ0n) is 10.5. The molecular weight excluding hydrogens is 228 g/mol. The third-order valence-electron chi connectivity index (χ3n) is 2.95. The number of nitrogens with one attached hydrogen (secondary N) is 2. The fourth-order valence-corrected chi connectivity index (χ4v) is 1.91. The van der Waals surface area contributed by atoms with Crippen molar-refractivity contribution in [2.75, 3.05) is 20.2 Å². The van der Waals surface area contributed by atoms with Crippen molar-refractivity contribution in [1.82, 2.24) is 10.6 Å². The highest BCUT2D eigenvalue weighted by Crippen LogP contribution is 2.12. The van der Waals surface area contributed by atoms with Crippen molar-refractivity contribution < 1.29 is 9.53 Å². The van der Waals surface area contributed by atoms with E-state index in [2.05, 4.69) is 10.6 Å². The molecule has 0 radical (unpaired) electrons. The Morgan fingerprint density at radius 2 is 2.22 bits per heavy atom. The Hall–Kier alpha value is -1.81. The first-order valence-electron chi connectivity index (χ1n) is 6.11. The van der Waals surface area contributed by atoms with E-state index in [1.165, 1.54) is 0 Å². The summed E-state index contributed by atoms with van der Waals surface area (Å²) in [5.74, 6) is 0.771. The summed E-state index contributed by atoms with van der Waals surface area (Å²) < 4.78 is 5.07. The summed E-state index contributed by atoms with van der Waals surface area (Å²) in [7, 11) is 1.63. The lowest BCUT2D eigenvalue weighted by Gasteiger charge is -2.08. The van der Waals surface area contributed by atoms with E-state index < -0.39 is 0 Å². The molecule has 1 aromatic carbocycles. The summed E-state index contributed by atoms with van der Waals surface area (Å²) in [5, 5.41) is 6.17. The average Bonchev–Trinajstić information content (AvgIpc) is 2.90. The zero-order valence-corrected chi connectivity index (χ0v) is 10.5. The molecule has 0 aromatic heterocycles. The summed E-state index contributed by atoms with van der Waals surface area (Å²) in [6.45, 7) is 1.84. The largest absolute Gasteiger partial charge is 0.497 e. The molecule has 1 saturated heterocycles. The standard InChI is InChI=1S/C14H18N2O2/c1-18-13-5-2-11(3-6-13)4-7-14(17)16-12-8-9-15-10-12/h2-7,12,15H,8-10H2,1H3,(H,16,17)/t12-/m0/s1. The van der Waals surface area contributed by atoms with E-state index >= 15 is 0 Å². The molecular formula is C14H18N2O2. The number of carbonyl (C=O) groups is 1. The van der Waals surface area contributed by atoms with Crippen LogP contribution in [-0.2, 0) is 4.79 Å². The molecule has 96 valence electrons. The Morgan fingerprint density at radius 1 is 1.44 bits per heavy atom. The number of benzene rings is 1. The van der Waals surface area contributed by atoms with Crippen LogP contribution >= 0.6 is 0 Å². The fraction of sp³-hybridized carbons (Fsp3) is 0.357. The summed E-state index contributed by atoms with van der Waals surface area (Å²) in [6.07, 6.45) is 4.37. The smallest absolute Gasteiger partial charge is 0.244 e. The van der Waals surface area contributed by atoms with Crippen molar-refractivity contribution in [2.24, 2.45) is 0 Å². The molecule has 4 heteroatoms. The Bertz CT molecular complexity index is 420. The van der Waals surface area contributed by atoms with Crippen molar-refractivity contribution in [3.05, 3.63) is 35.9 Å². The maximum atomic E-state index is 11.6. The Labute approximate surface area is 107 Å². The van der Waals surface area contributed by atoms with Gasteiger partial charge < -0.3 is 15.4 Å². The lowest BCUT2D eigenvalue weighted by molar-refractivity contribution is -0.117. The van der Waals surface area contributed by atoms with E-state index in [-0.39, 0.29) is 11.9 Å². The normalized spacial score (nSPS) is 19.1. The molecule has 0 spiro atoms. The van der Waals surface area contributed by atoms with Crippen molar-refractivity contribution in [1.29, 1.82) is 0 Å². The molecule has 4 nitrogen and oxygen atoms in total. The van der Waals surface area contributed by atoms with Gasteiger partial charge >= 0.3 is 0 Å². The highest BCUT2D eigenvalue weighted by molar-refractivity contribution is 5.91. The van der Waals surface area contributed by atoms with Crippen molar-refractivity contribution in [2.45, 2.75) is 12.5 Å². The van der Waals surface area contributed by atoms with Crippen molar-refractivity contribution in [3.63, 3.8) is 0 Å². The van der Waals surface area contributed by atoms with Crippen LogP contribution in [0, 0.1) is 0 Å². The molecule has 1 aliphatic rings. The highest BCUT2D eigenvalue weighted by atomic mass is 16.5. The topological polar surface area (TPSA) is 50.4 Å². The van der Waals surface area contributed by atoms with Gasteiger partial charge in [-0.3, -0.25) is 4.79 Å². The van der Waals surface area contributed by atoms with Crippen LogP contribution in [0.15, 0.2) is 30.3 Å². The van der Waals surface area contributed by atoms with Gasteiger partial charge in [-0.1, -0.05) is 12.1 Å². The predicted molar refractivity (Wildman–Crippen MR) is 71.4 cm³/mol. The third kappa shape index (κ3) is 3.60. The molecule has 0 bridgehead atoms. The number of ether oxygens (including phenoxy) is 1. The second-order valence-electron chi connectivity index (χ2n) is 4.30. The van der Waals surface area contributed by atoms with E-state index in [1.54, 1.807) is 19.3 Å². The molecule has 1 atom stereocenters. The van der Waals surface area contributed by atoms with Crippen LogP contribution in [0.1, 0.15) is 12.0 Å². The van der Waals surface area contributed by atoms with E-state index in [0.717, 1.165) is 30.8 Å². The predicted octanol–water partition coefficient (Wildman–Crippen LogP) is 1.19. The quantitative estimate of drug-likeness (QED) is 0.785. The van der Waals surface area contributed by atoms with Crippen LogP contribution < -0.4 is 15.4 Å². The SMILES string of the molecule is COc1ccc(C=CC(=O)N[C@H]2CCNC2)cc1. The van der Waals surface area contributed by atoms with Gasteiger partial charge in [0, 0.05) is 18.7 Å². The van der Waals surface area contributed by atoms with Crippen LogP contribution in [0.3, 0.4) is 0 Å². The van der Waals surface area contributed by atoms with Gasteiger partial charge in [0.1, 0.15) is 5.75 Å². The number of hydrogen-bond donors (Lipinski definition) is 2. The molecule has 1 aromatic rings. The minimum atomic E-state index is -0.0421. The van der Waals surface area contributed by atoms with Gasteiger partial charge in [-0.05, 0) is 36.7 Å². The van der Waals surface area contributed by atoms with Crippen LogP contribution in [0.25, 0.3) is 6.08 Å². The molecule has 2 rings (SSSR count). The molecule has 2 N–H and O–H groups in total. The maximum absolute atomic E-state index is 11.6. The van der Waals surface area contributed by atoms with Gasteiger partial charge in [0.2, 0.25) is 5.91 Å². The van der Waals surface area contributed by atoms with Crippen molar-refractivity contribution in [3.8, 4) is 5.75 Å². The highest BCUT2D eigenvalue weighted by Gasteiger charge is 2.14. The van der Waals surface area contributed by atoms with Gasteiger partial charge in [-0.25, -0.2) is 0 Å². The first kappa shape index (κ1) is 12.6. The third-order valence-corrected chi connectivity index (χ3v) is 2.95. The monoisotopic (exact) mass is 246 g/mol. The Balaban J connectivity index is 1.86. The molecule has 1 fully saturated rings. The summed E-state index contributed by atoms with van der Waals surface area (Å²) >= 11 is 0. The van der Waals surface area contributed by atoms with E-state index in [4.69, 9.17) is 4.74 Å². The fourth-order valence-electron chi connectivity index (χ4n) is 1.91. The van der Waals surface area contributed by atoms with Gasteiger partial charge in [-0.15, -0.1) is 0 Å². The minimum Gasteiger partial charge on any atom is -0.497 e. The molecule has 1 heterocycles. The van der Waals surface area contributed by atoms with Crippen LogP contribution in [0.5, 0.6) is 5.75 Å². The van der Waals surface area contributed by atoms with E-state index in [0.29, 0.717) is 0 Å². The summed E-state index contributed by atoms with van der Waals surface area (Å²) in [4.78, 5) is 11.6. The lowest BCUT2D eigenvalue weighted by Crippen LogP contribution is -2.34. The lowest BCUT2D eigenvalue weighted by atomic mass is 10.2. The molecule has 0 saturated carbocycles. The molecule has 0 aliphatic carbocycles. The van der Waals surface area contributed by atoms with E-state index in [9.17, 15) is 4.79 Å². The Morgan fingerprint density at radius 3 is 2.83 bits per heavy atom. The molecule has 1 amide bonds. The van der Waals surface area contributed by atoms with Gasteiger partial charge in [0.25, 0.3) is 0 Å². The molecule has 0 unspecified atom stereocenters. The van der Waals surface area contributed by atoms with Crippen molar-refractivity contribution >= 4 is 12.0 Å². The van der Waals surface area contributed by atoms with Gasteiger partial charge in [0.05, 0.1) is 7.11 Å². The summed E-state index contributed by atoms with van der Waals surface area (Å²) in [5.41, 5.74) is 0.982. The number of methoxy groups -OCH3 is 1.